The molecule has 0 unspecified atom stereocenters. The van der Waals surface area contributed by atoms with E-state index in [0.29, 0.717) is 13.0 Å². The zero-order valence-corrected chi connectivity index (χ0v) is 7.85. The van der Waals surface area contributed by atoms with Gasteiger partial charge in [-0.1, -0.05) is 6.58 Å². The number of hydrogen-bond donors (Lipinski definition) is 1. The van der Waals surface area contributed by atoms with Gasteiger partial charge in [-0.2, -0.15) is 0 Å². The van der Waals surface area contributed by atoms with Crippen LogP contribution in [0.25, 0.3) is 0 Å². The minimum absolute atomic E-state index is 0.145. The number of nitrogens with one attached hydrogen (secondary N) is 1. The summed E-state index contributed by atoms with van der Waals surface area (Å²) in [6.07, 6.45) is 1.31. The first-order valence-electron chi connectivity index (χ1n) is 4.11. The average Bonchev–Trinajstić information content (AvgIpc) is 2.01. The Labute approximate surface area is 73.8 Å². The van der Waals surface area contributed by atoms with Gasteiger partial charge in [-0.25, -0.2) is 0 Å². The third-order valence-electron chi connectivity index (χ3n) is 1.29. The van der Waals surface area contributed by atoms with Crippen molar-refractivity contribution in [2.75, 3.05) is 20.2 Å². The fourth-order valence-corrected chi connectivity index (χ4v) is 0.685. The lowest BCUT2D eigenvalue weighted by Crippen LogP contribution is -2.12. The molecular weight excluding hydrogens is 154 g/mol. The fourth-order valence-electron chi connectivity index (χ4n) is 0.685. The number of ether oxygens (including phenoxy) is 1. The SMILES string of the molecule is C=C(C)COC(=O)CCCNC. The lowest BCUT2D eigenvalue weighted by molar-refractivity contribution is -0.142. The molecule has 0 aromatic heterocycles. The Hall–Kier alpha value is -0.830. The molecular formula is C9H17NO2. The summed E-state index contributed by atoms with van der Waals surface area (Å²) in [5, 5.41) is 2.96. The predicted molar refractivity (Wildman–Crippen MR) is 48.9 cm³/mol. The number of carbonyl (C=O) groups is 1. The van der Waals surface area contributed by atoms with Crippen molar-refractivity contribution < 1.29 is 9.53 Å². The summed E-state index contributed by atoms with van der Waals surface area (Å²) in [6.45, 7) is 6.66. The Morgan fingerprint density at radius 1 is 1.58 bits per heavy atom. The fraction of sp³-hybridized carbons (Fsp3) is 0.667. The van der Waals surface area contributed by atoms with Crippen molar-refractivity contribution in [1.29, 1.82) is 0 Å². The quantitative estimate of drug-likeness (QED) is 0.369. The summed E-state index contributed by atoms with van der Waals surface area (Å²) in [5.74, 6) is -0.145. The van der Waals surface area contributed by atoms with Gasteiger partial charge in [-0.05, 0) is 32.5 Å². The van der Waals surface area contributed by atoms with Crippen LogP contribution in [0.2, 0.25) is 0 Å². The second-order valence-electron chi connectivity index (χ2n) is 2.82. The molecule has 0 amide bonds. The van der Waals surface area contributed by atoms with Crippen molar-refractivity contribution in [3.63, 3.8) is 0 Å². The molecule has 0 radical (unpaired) electrons. The lowest BCUT2D eigenvalue weighted by atomic mass is 10.3. The van der Waals surface area contributed by atoms with Gasteiger partial charge in [0.1, 0.15) is 6.61 Å². The monoisotopic (exact) mass is 171 g/mol. The molecule has 0 atom stereocenters. The van der Waals surface area contributed by atoms with Crippen molar-refractivity contribution in [3.05, 3.63) is 12.2 Å². The molecule has 0 aliphatic carbocycles. The second kappa shape index (κ2) is 6.85. The highest BCUT2D eigenvalue weighted by Gasteiger charge is 2.00. The first-order valence-corrected chi connectivity index (χ1v) is 4.11. The smallest absolute Gasteiger partial charge is 0.306 e. The molecule has 3 heteroatoms. The Morgan fingerprint density at radius 2 is 2.25 bits per heavy atom. The maximum absolute atomic E-state index is 10.9. The third kappa shape index (κ3) is 7.28. The zero-order valence-electron chi connectivity index (χ0n) is 7.85. The van der Waals surface area contributed by atoms with Crippen LogP contribution in [0.4, 0.5) is 0 Å². The van der Waals surface area contributed by atoms with Gasteiger partial charge in [0.05, 0.1) is 0 Å². The van der Waals surface area contributed by atoms with Gasteiger partial charge < -0.3 is 10.1 Å². The molecule has 0 aromatic rings. The summed E-state index contributed by atoms with van der Waals surface area (Å²) in [6, 6.07) is 0. The molecule has 70 valence electrons. The molecule has 0 fully saturated rings. The molecule has 0 aromatic carbocycles. The Morgan fingerprint density at radius 3 is 2.75 bits per heavy atom. The molecule has 0 aliphatic rings. The number of rotatable bonds is 6. The molecule has 0 saturated carbocycles. The van der Waals surface area contributed by atoms with E-state index in [2.05, 4.69) is 11.9 Å². The van der Waals surface area contributed by atoms with Crippen LogP contribution in [0.3, 0.4) is 0 Å². The average molecular weight is 171 g/mol. The Bertz CT molecular complexity index is 155. The first kappa shape index (κ1) is 11.2. The molecule has 0 spiro atoms. The maximum Gasteiger partial charge on any atom is 0.306 e. The number of carbonyl (C=O) groups excluding carboxylic acids is 1. The normalized spacial score (nSPS) is 9.50. The van der Waals surface area contributed by atoms with E-state index >= 15 is 0 Å². The van der Waals surface area contributed by atoms with E-state index in [0.717, 1.165) is 18.5 Å². The molecule has 0 heterocycles. The van der Waals surface area contributed by atoms with Crippen molar-refractivity contribution in [2.24, 2.45) is 0 Å². The zero-order chi connectivity index (χ0) is 9.40. The largest absolute Gasteiger partial charge is 0.461 e. The molecule has 0 aliphatic heterocycles. The van der Waals surface area contributed by atoms with E-state index in [1.54, 1.807) is 0 Å². The highest BCUT2D eigenvalue weighted by atomic mass is 16.5. The van der Waals surface area contributed by atoms with Crippen molar-refractivity contribution in [1.82, 2.24) is 5.32 Å². The van der Waals surface area contributed by atoms with Crippen LogP contribution in [0.5, 0.6) is 0 Å². The van der Waals surface area contributed by atoms with Gasteiger partial charge in [0.2, 0.25) is 0 Å². The van der Waals surface area contributed by atoms with Crippen LogP contribution < -0.4 is 5.32 Å². The van der Waals surface area contributed by atoms with E-state index in [9.17, 15) is 4.79 Å². The third-order valence-corrected chi connectivity index (χ3v) is 1.29. The second-order valence-corrected chi connectivity index (χ2v) is 2.82. The summed E-state index contributed by atoms with van der Waals surface area (Å²) < 4.78 is 4.88. The maximum atomic E-state index is 10.9. The van der Waals surface area contributed by atoms with Crippen LogP contribution in [0.15, 0.2) is 12.2 Å². The van der Waals surface area contributed by atoms with Crippen LogP contribution in [-0.2, 0) is 9.53 Å². The minimum Gasteiger partial charge on any atom is -0.461 e. The van der Waals surface area contributed by atoms with Gasteiger partial charge in [0, 0.05) is 6.42 Å². The predicted octanol–water partition coefficient (Wildman–Crippen LogP) is 1.11. The topological polar surface area (TPSA) is 38.3 Å². The summed E-state index contributed by atoms with van der Waals surface area (Å²) in [4.78, 5) is 10.9. The van der Waals surface area contributed by atoms with E-state index < -0.39 is 0 Å². The molecule has 3 nitrogen and oxygen atoms in total. The van der Waals surface area contributed by atoms with Gasteiger partial charge in [-0.3, -0.25) is 4.79 Å². The minimum atomic E-state index is -0.145. The lowest BCUT2D eigenvalue weighted by Gasteiger charge is -2.03. The van der Waals surface area contributed by atoms with E-state index in [4.69, 9.17) is 4.74 Å². The van der Waals surface area contributed by atoms with Gasteiger partial charge in [0.15, 0.2) is 0 Å². The van der Waals surface area contributed by atoms with Crippen molar-refractivity contribution in [2.45, 2.75) is 19.8 Å². The molecule has 12 heavy (non-hydrogen) atoms. The Kier molecular flexibility index (Phi) is 6.38. The number of hydrogen-bond acceptors (Lipinski definition) is 3. The molecule has 0 bridgehead atoms. The van der Waals surface area contributed by atoms with Gasteiger partial charge in [-0.15, -0.1) is 0 Å². The van der Waals surface area contributed by atoms with E-state index in [-0.39, 0.29) is 5.97 Å². The highest BCUT2D eigenvalue weighted by Crippen LogP contribution is 1.94. The van der Waals surface area contributed by atoms with Crippen LogP contribution in [-0.4, -0.2) is 26.2 Å². The van der Waals surface area contributed by atoms with Crippen LogP contribution in [0.1, 0.15) is 19.8 Å². The van der Waals surface area contributed by atoms with Gasteiger partial charge in [0.25, 0.3) is 0 Å². The van der Waals surface area contributed by atoms with Crippen LogP contribution >= 0.6 is 0 Å². The summed E-state index contributed by atoms with van der Waals surface area (Å²) in [5.41, 5.74) is 0.872. The Balaban J connectivity index is 3.28. The molecule has 0 saturated heterocycles. The molecule has 0 rings (SSSR count). The van der Waals surface area contributed by atoms with E-state index in [1.165, 1.54) is 0 Å². The highest BCUT2D eigenvalue weighted by molar-refractivity contribution is 5.69. The number of esters is 1. The van der Waals surface area contributed by atoms with Crippen molar-refractivity contribution >= 4 is 5.97 Å². The first-order chi connectivity index (χ1) is 5.66. The van der Waals surface area contributed by atoms with Crippen molar-refractivity contribution in [3.8, 4) is 0 Å². The molecule has 1 N–H and O–H groups in total. The van der Waals surface area contributed by atoms with Crippen LogP contribution in [0, 0.1) is 0 Å². The van der Waals surface area contributed by atoms with E-state index in [1.807, 2.05) is 14.0 Å². The van der Waals surface area contributed by atoms with Gasteiger partial charge >= 0.3 is 5.97 Å². The summed E-state index contributed by atoms with van der Waals surface area (Å²) >= 11 is 0. The summed E-state index contributed by atoms with van der Waals surface area (Å²) in [7, 11) is 1.86. The standard InChI is InChI=1S/C9H17NO2/c1-8(2)7-12-9(11)5-4-6-10-3/h10H,1,4-7H2,2-3H3.